The van der Waals surface area contributed by atoms with Crippen molar-refractivity contribution in [3.8, 4) is 11.1 Å². The number of carbonyl (C=O) groups excluding carboxylic acids is 2. The van der Waals surface area contributed by atoms with Crippen molar-refractivity contribution in [2.45, 2.75) is 41.5 Å². The summed E-state index contributed by atoms with van der Waals surface area (Å²) in [6, 6.07) is 6.10. The highest BCUT2D eigenvalue weighted by molar-refractivity contribution is 7.15. The molecule has 0 unspecified atom stereocenters. The molecule has 0 aliphatic heterocycles. The van der Waals surface area contributed by atoms with Crippen molar-refractivity contribution in [2.75, 3.05) is 11.9 Å². The van der Waals surface area contributed by atoms with Crippen LogP contribution in [0.1, 0.15) is 49.2 Å². The number of carbonyl (C=O) groups is 2. The van der Waals surface area contributed by atoms with Gasteiger partial charge in [0.2, 0.25) is 5.91 Å². The van der Waals surface area contributed by atoms with E-state index in [0.29, 0.717) is 10.6 Å². The smallest absolute Gasteiger partial charge is 0.341 e. The van der Waals surface area contributed by atoms with Crippen LogP contribution in [0.25, 0.3) is 11.1 Å². The number of thiophene rings is 1. The third-order valence-corrected chi connectivity index (χ3v) is 4.75. The van der Waals surface area contributed by atoms with Crippen LogP contribution in [0.2, 0.25) is 0 Å². The molecule has 1 aromatic heterocycles. The zero-order valence-corrected chi connectivity index (χ0v) is 16.5. The van der Waals surface area contributed by atoms with Gasteiger partial charge in [0.25, 0.3) is 0 Å². The van der Waals surface area contributed by atoms with Crippen LogP contribution in [-0.2, 0) is 9.53 Å². The number of ether oxygens (including phenoxy) is 1. The first-order valence-electron chi connectivity index (χ1n) is 8.32. The van der Waals surface area contributed by atoms with E-state index in [1.807, 2.05) is 52.1 Å². The van der Waals surface area contributed by atoms with E-state index in [1.54, 1.807) is 6.92 Å². The van der Waals surface area contributed by atoms with Crippen LogP contribution in [0.3, 0.4) is 0 Å². The number of hydrogen-bond acceptors (Lipinski definition) is 4. The van der Waals surface area contributed by atoms with Gasteiger partial charge < -0.3 is 10.1 Å². The first-order chi connectivity index (χ1) is 11.6. The molecule has 2 aromatic rings. The monoisotopic (exact) mass is 359 g/mol. The molecule has 4 nitrogen and oxygen atoms in total. The third-order valence-electron chi connectivity index (χ3n) is 3.85. The molecule has 0 saturated carbocycles. The van der Waals surface area contributed by atoms with Crippen molar-refractivity contribution in [2.24, 2.45) is 5.41 Å². The number of hydrogen-bond donors (Lipinski definition) is 1. The highest BCUT2D eigenvalue weighted by Gasteiger charge is 2.27. The van der Waals surface area contributed by atoms with Crippen molar-refractivity contribution in [1.29, 1.82) is 0 Å². The Kier molecular flexibility index (Phi) is 5.68. The number of esters is 1. The Morgan fingerprint density at radius 1 is 1.16 bits per heavy atom. The maximum absolute atomic E-state index is 12.6. The first-order valence-corrected chi connectivity index (χ1v) is 9.20. The molecule has 0 radical (unpaired) electrons. The molecule has 1 aromatic carbocycles. The second-order valence-electron chi connectivity index (χ2n) is 7.10. The predicted octanol–water partition coefficient (Wildman–Crippen LogP) is 5.19. The second kappa shape index (κ2) is 7.40. The molecule has 0 atom stereocenters. The molecule has 0 spiro atoms. The number of nitrogens with one attached hydrogen (secondary N) is 1. The lowest BCUT2D eigenvalue weighted by atomic mass is 9.95. The minimum absolute atomic E-state index is 0.132. The summed E-state index contributed by atoms with van der Waals surface area (Å²) in [5.74, 6) is -0.546. The van der Waals surface area contributed by atoms with Gasteiger partial charge in [-0.1, -0.05) is 44.5 Å². The van der Waals surface area contributed by atoms with Gasteiger partial charge in [0.15, 0.2) is 0 Å². The average molecular weight is 359 g/mol. The van der Waals surface area contributed by atoms with Gasteiger partial charge in [-0.25, -0.2) is 4.79 Å². The summed E-state index contributed by atoms with van der Waals surface area (Å²) in [4.78, 5) is 24.9. The molecule has 2 rings (SSSR count). The van der Waals surface area contributed by atoms with E-state index in [9.17, 15) is 9.59 Å². The fourth-order valence-electron chi connectivity index (χ4n) is 2.46. The number of rotatable bonds is 4. The summed E-state index contributed by atoms with van der Waals surface area (Å²) in [5, 5.41) is 5.33. The number of aryl methyl sites for hydroxylation is 2. The van der Waals surface area contributed by atoms with E-state index in [4.69, 9.17) is 4.74 Å². The highest BCUT2D eigenvalue weighted by Crippen LogP contribution is 2.38. The van der Waals surface area contributed by atoms with Crippen LogP contribution >= 0.6 is 11.3 Å². The minimum Gasteiger partial charge on any atom is -0.462 e. The average Bonchev–Trinajstić information content (AvgIpc) is 2.90. The highest BCUT2D eigenvalue weighted by atomic mass is 32.1. The summed E-state index contributed by atoms with van der Waals surface area (Å²) in [6.45, 7) is 11.6. The van der Waals surface area contributed by atoms with Crippen molar-refractivity contribution in [3.05, 3.63) is 40.3 Å². The SMILES string of the molecule is CCOC(=O)c1c(-c2ccc(C)cc2C)csc1NC(=O)C(C)(C)C. The lowest BCUT2D eigenvalue weighted by Crippen LogP contribution is -2.28. The summed E-state index contributed by atoms with van der Waals surface area (Å²) >= 11 is 1.35. The van der Waals surface area contributed by atoms with Crippen LogP contribution in [0.15, 0.2) is 23.6 Å². The second-order valence-corrected chi connectivity index (χ2v) is 7.98. The largest absolute Gasteiger partial charge is 0.462 e. The molecule has 1 amide bonds. The zero-order valence-electron chi connectivity index (χ0n) is 15.6. The van der Waals surface area contributed by atoms with Gasteiger partial charge in [0, 0.05) is 16.4 Å². The summed E-state index contributed by atoms with van der Waals surface area (Å²) in [7, 11) is 0. The van der Waals surface area contributed by atoms with Crippen LogP contribution in [-0.4, -0.2) is 18.5 Å². The van der Waals surface area contributed by atoms with Gasteiger partial charge >= 0.3 is 5.97 Å². The number of benzene rings is 1. The van der Waals surface area contributed by atoms with Crippen LogP contribution in [0.4, 0.5) is 5.00 Å². The van der Waals surface area contributed by atoms with Gasteiger partial charge in [0.1, 0.15) is 10.6 Å². The lowest BCUT2D eigenvalue weighted by molar-refractivity contribution is -0.123. The Labute approximate surface area is 153 Å². The van der Waals surface area contributed by atoms with E-state index < -0.39 is 11.4 Å². The van der Waals surface area contributed by atoms with E-state index in [0.717, 1.165) is 22.3 Å². The molecule has 0 aliphatic carbocycles. The Morgan fingerprint density at radius 3 is 2.40 bits per heavy atom. The van der Waals surface area contributed by atoms with Crippen molar-refractivity contribution in [1.82, 2.24) is 0 Å². The molecule has 25 heavy (non-hydrogen) atoms. The molecular formula is C20H25NO3S. The lowest BCUT2D eigenvalue weighted by Gasteiger charge is -2.17. The number of amides is 1. The summed E-state index contributed by atoms with van der Waals surface area (Å²) < 4.78 is 5.24. The molecule has 1 N–H and O–H groups in total. The fourth-order valence-corrected chi connectivity index (χ4v) is 3.40. The Hall–Kier alpha value is -2.14. The van der Waals surface area contributed by atoms with Gasteiger partial charge in [-0.3, -0.25) is 4.79 Å². The van der Waals surface area contributed by atoms with Crippen LogP contribution in [0.5, 0.6) is 0 Å². The Balaban J connectivity index is 2.54. The molecule has 0 aliphatic rings. The molecule has 1 heterocycles. The standard InChI is InChI=1S/C20H25NO3S/c1-7-24-18(22)16-15(14-9-8-12(2)10-13(14)3)11-25-17(16)21-19(23)20(4,5)6/h8-11H,7H2,1-6H3,(H,21,23). The van der Waals surface area contributed by atoms with Crippen molar-refractivity contribution >= 4 is 28.2 Å². The van der Waals surface area contributed by atoms with Gasteiger partial charge in [0.05, 0.1) is 6.61 Å². The Morgan fingerprint density at radius 2 is 1.84 bits per heavy atom. The van der Waals surface area contributed by atoms with E-state index in [2.05, 4.69) is 11.4 Å². The normalized spacial score (nSPS) is 11.3. The van der Waals surface area contributed by atoms with E-state index in [-0.39, 0.29) is 12.5 Å². The minimum atomic E-state index is -0.546. The van der Waals surface area contributed by atoms with Crippen LogP contribution < -0.4 is 5.32 Å². The van der Waals surface area contributed by atoms with Gasteiger partial charge in [-0.2, -0.15) is 0 Å². The molecule has 5 heteroatoms. The van der Waals surface area contributed by atoms with E-state index in [1.165, 1.54) is 11.3 Å². The predicted molar refractivity (Wildman–Crippen MR) is 103 cm³/mol. The molecule has 0 saturated heterocycles. The van der Waals surface area contributed by atoms with E-state index >= 15 is 0 Å². The number of anilines is 1. The molecule has 0 fully saturated rings. The topological polar surface area (TPSA) is 55.4 Å². The van der Waals surface area contributed by atoms with Crippen molar-refractivity contribution in [3.63, 3.8) is 0 Å². The Bertz CT molecular complexity index is 800. The van der Waals surface area contributed by atoms with Crippen LogP contribution in [0, 0.1) is 19.3 Å². The molecular weight excluding hydrogens is 334 g/mol. The zero-order chi connectivity index (χ0) is 18.8. The summed E-state index contributed by atoms with van der Waals surface area (Å²) in [5.41, 5.74) is 3.89. The first kappa shape index (κ1) is 19.2. The maximum Gasteiger partial charge on any atom is 0.341 e. The van der Waals surface area contributed by atoms with Crippen molar-refractivity contribution < 1.29 is 14.3 Å². The van der Waals surface area contributed by atoms with Gasteiger partial charge in [-0.05, 0) is 31.9 Å². The quantitative estimate of drug-likeness (QED) is 0.764. The fraction of sp³-hybridized carbons (Fsp3) is 0.400. The molecule has 134 valence electrons. The summed E-state index contributed by atoms with van der Waals surface area (Å²) in [6.07, 6.45) is 0. The third kappa shape index (κ3) is 4.28. The molecule has 0 bridgehead atoms. The maximum atomic E-state index is 12.6. The van der Waals surface area contributed by atoms with Gasteiger partial charge in [-0.15, -0.1) is 11.3 Å².